The van der Waals surface area contributed by atoms with Crippen molar-refractivity contribution in [2.45, 2.75) is 6.54 Å². The van der Waals surface area contributed by atoms with E-state index in [4.69, 9.17) is 11.0 Å². The Labute approximate surface area is 101 Å². The van der Waals surface area contributed by atoms with Crippen molar-refractivity contribution in [2.75, 3.05) is 5.73 Å². The van der Waals surface area contributed by atoms with Crippen molar-refractivity contribution in [3.63, 3.8) is 0 Å². The molecule has 0 fully saturated rings. The average molecular weight is 278 g/mol. The van der Waals surface area contributed by atoms with Gasteiger partial charge in [-0.3, -0.25) is 0 Å². The third-order valence-corrected chi connectivity index (χ3v) is 2.57. The number of benzene rings is 1. The van der Waals surface area contributed by atoms with Gasteiger partial charge in [-0.25, -0.2) is 9.67 Å². The Morgan fingerprint density at radius 1 is 1.50 bits per heavy atom. The number of anilines is 1. The lowest BCUT2D eigenvalue weighted by molar-refractivity contribution is 0.683. The van der Waals surface area contributed by atoms with E-state index in [0.717, 1.165) is 10.0 Å². The van der Waals surface area contributed by atoms with Crippen molar-refractivity contribution in [2.24, 2.45) is 0 Å². The molecule has 0 amide bonds. The fraction of sp³-hybridized carbons (Fsp3) is 0.100. The van der Waals surface area contributed by atoms with E-state index in [1.165, 1.54) is 6.33 Å². The molecule has 0 bridgehead atoms. The van der Waals surface area contributed by atoms with Gasteiger partial charge in [-0.05, 0) is 17.7 Å². The van der Waals surface area contributed by atoms with Crippen LogP contribution in [0.25, 0.3) is 0 Å². The molecule has 0 spiro atoms. The highest BCUT2D eigenvalue weighted by Gasteiger charge is 2.03. The highest BCUT2D eigenvalue weighted by Crippen LogP contribution is 2.19. The molecular weight excluding hydrogens is 270 g/mol. The van der Waals surface area contributed by atoms with E-state index < -0.39 is 0 Å². The molecule has 0 aliphatic rings. The summed E-state index contributed by atoms with van der Waals surface area (Å²) in [7, 11) is 0. The van der Waals surface area contributed by atoms with Crippen LogP contribution >= 0.6 is 15.9 Å². The Morgan fingerprint density at radius 2 is 2.31 bits per heavy atom. The van der Waals surface area contributed by atoms with Gasteiger partial charge in [0.1, 0.15) is 12.4 Å². The first-order valence-electron chi connectivity index (χ1n) is 4.52. The molecule has 0 unspecified atom stereocenters. The van der Waals surface area contributed by atoms with E-state index in [1.54, 1.807) is 4.68 Å². The van der Waals surface area contributed by atoms with Crippen molar-refractivity contribution < 1.29 is 0 Å². The molecule has 16 heavy (non-hydrogen) atoms. The molecule has 1 aromatic heterocycles. The first-order chi connectivity index (χ1) is 7.69. The molecule has 0 aliphatic heterocycles. The van der Waals surface area contributed by atoms with Crippen LogP contribution in [0.4, 0.5) is 5.69 Å². The van der Waals surface area contributed by atoms with Crippen molar-refractivity contribution in [3.8, 4) is 6.07 Å². The quantitative estimate of drug-likeness (QED) is 0.845. The maximum Gasteiger partial charge on any atom is 0.252 e. The molecule has 1 heterocycles. The van der Waals surface area contributed by atoms with E-state index in [0.29, 0.717) is 12.2 Å². The SMILES string of the molecule is N#Cc1ncn(Cc2ccc(Br)cc2N)n1. The lowest BCUT2D eigenvalue weighted by atomic mass is 10.2. The second-order valence-electron chi connectivity index (χ2n) is 3.22. The van der Waals surface area contributed by atoms with Crippen molar-refractivity contribution in [1.29, 1.82) is 5.26 Å². The molecule has 0 radical (unpaired) electrons. The Kier molecular flexibility index (Phi) is 2.88. The van der Waals surface area contributed by atoms with Gasteiger partial charge in [-0.1, -0.05) is 22.0 Å². The molecule has 0 atom stereocenters. The lowest BCUT2D eigenvalue weighted by Gasteiger charge is -2.05. The molecule has 6 heteroatoms. The molecule has 2 rings (SSSR count). The highest BCUT2D eigenvalue weighted by atomic mass is 79.9. The van der Waals surface area contributed by atoms with Crippen molar-refractivity contribution in [1.82, 2.24) is 14.8 Å². The summed E-state index contributed by atoms with van der Waals surface area (Å²) in [6, 6.07) is 7.53. The first-order valence-corrected chi connectivity index (χ1v) is 5.32. The van der Waals surface area contributed by atoms with Crippen LogP contribution in [0.5, 0.6) is 0 Å². The summed E-state index contributed by atoms with van der Waals surface area (Å²) in [6.07, 6.45) is 1.51. The first kappa shape index (κ1) is 10.6. The molecule has 0 saturated carbocycles. The van der Waals surface area contributed by atoms with Crippen LogP contribution < -0.4 is 5.73 Å². The predicted octanol–water partition coefficient (Wildman–Crippen LogP) is 1.54. The number of rotatable bonds is 2. The largest absolute Gasteiger partial charge is 0.398 e. The molecule has 0 aliphatic carbocycles. The average Bonchev–Trinajstić information content (AvgIpc) is 2.70. The van der Waals surface area contributed by atoms with E-state index in [1.807, 2.05) is 24.3 Å². The Hall–Kier alpha value is -1.87. The fourth-order valence-corrected chi connectivity index (χ4v) is 1.69. The standard InChI is InChI=1S/C10H8BrN5/c11-8-2-1-7(9(13)3-8)5-16-6-14-10(4-12)15-16/h1-3,6H,5,13H2. The summed E-state index contributed by atoms with van der Waals surface area (Å²) in [4.78, 5) is 3.82. The van der Waals surface area contributed by atoms with Gasteiger partial charge in [-0.15, -0.1) is 5.10 Å². The van der Waals surface area contributed by atoms with Crippen LogP contribution in [-0.4, -0.2) is 14.8 Å². The lowest BCUT2D eigenvalue weighted by Crippen LogP contribution is -2.03. The minimum atomic E-state index is 0.163. The zero-order chi connectivity index (χ0) is 11.5. The maximum absolute atomic E-state index is 8.59. The summed E-state index contributed by atoms with van der Waals surface area (Å²) < 4.78 is 2.52. The summed E-state index contributed by atoms with van der Waals surface area (Å²) in [5.41, 5.74) is 7.48. The molecule has 80 valence electrons. The second-order valence-corrected chi connectivity index (χ2v) is 4.14. The third-order valence-electron chi connectivity index (χ3n) is 2.08. The number of hydrogen-bond acceptors (Lipinski definition) is 4. The number of halogens is 1. The topological polar surface area (TPSA) is 80.5 Å². The second kappa shape index (κ2) is 4.33. The van der Waals surface area contributed by atoms with Gasteiger partial charge in [0.2, 0.25) is 0 Å². The number of hydrogen-bond donors (Lipinski definition) is 1. The van der Waals surface area contributed by atoms with Gasteiger partial charge in [0, 0.05) is 10.2 Å². The number of nitrogens with zero attached hydrogens (tertiary/aromatic N) is 4. The number of nitriles is 1. The van der Waals surface area contributed by atoms with Crippen molar-refractivity contribution >= 4 is 21.6 Å². The maximum atomic E-state index is 8.59. The van der Waals surface area contributed by atoms with Gasteiger partial charge in [0.25, 0.3) is 5.82 Å². The van der Waals surface area contributed by atoms with Gasteiger partial charge >= 0.3 is 0 Å². The summed E-state index contributed by atoms with van der Waals surface area (Å²) in [6.45, 7) is 0.508. The number of nitrogens with two attached hydrogens (primary N) is 1. The molecule has 0 saturated heterocycles. The van der Waals surface area contributed by atoms with Gasteiger partial charge in [-0.2, -0.15) is 5.26 Å². The van der Waals surface area contributed by atoms with Crippen LogP contribution in [-0.2, 0) is 6.54 Å². The number of aromatic nitrogens is 3. The van der Waals surface area contributed by atoms with Crippen molar-refractivity contribution in [3.05, 3.63) is 40.4 Å². The molecule has 1 aromatic carbocycles. The third kappa shape index (κ3) is 2.20. The monoisotopic (exact) mass is 277 g/mol. The van der Waals surface area contributed by atoms with E-state index >= 15 is 0 Å². The van der Waals surface area contributed by atoms with Crippen LogP contribution in [0, 0.1) is 11.3 Å². The van der Waals surface area contributed by atoms with Crippen LogP contribution in [0.2, 0.25) is 0 Å². The summed E-state index contributed by atoms with van der Waals surface area (Å²) in [5, 5.41) is 12.6. The Morgan fingerprint density at radius 3 is 2.94 bits per heavy atom. The minimum absolute atomic E-state index is 0.163. The summed E-state index contributed by atoms with van der Waals surface area (Å²) >= 11 is 3.34. The molecular formula is C10H8BrN5. The smallest absolute Gasteiger partial charge is 0.252 e. The highest BCUT2D eigenvalue weighted by molar-refractivity contribution is 9.10. The predicted molar refractivity (Wildman–Crippen MR) is 62.4 cm³/mol. The van der Waals surface area contributed by atoms with Crippen LogP contribution in [0.1, 0.15) is 11.4 Å². The molecule has 2 aromatic rings. The van der Waals surface area contributed by atoms with Gasteiger partial charge in [0.05, 0.1) is 6.54 Å². The summed E-state index contributed by atoms with van der Waals surface area (Å²) in [5.74, 6) is 0.163. The normalized spacial score (nSPS) is 10.0. The zero-order valence-corrected chi connectivity index (χ0v) is 9.85. The Bertz CT molecular complexity index is 555. The van der Waals surface area contributed by atoms with Gasteiger partial charge in [0.15, 0.2) is 0 Å². The van der Waals surface area contributed by atoms with E-state index in [-0.39, 0.29) is 5.82 Å². The zero-order valence-electron chi connectivity index (χ0n) is 8.26. The number of nitrogen functional groups attached to an aromatic ring is 1. The Balaban J connectivity index is 2.24. The van der Waals surface area contributed by atoms with Crippen LogP contribution in [0.3, 0.4) is 0 Å². The minimum Gasteiger partial charge on any atom is -0.398 e. The van der Waals surface area contributed by atoms with E-state index in [9.17, 15) is 0 Å². The van der Waals surface area contributed by atoms with Gasteiger partial charge < -0.3 is 5.73 Å². The molecule has 2 N–H and O–H groups in total. The van der Waals surface area contributed by atoms with E-state index in [2.05, 4.69) is 26.0 Å². The fourth-order valence-electron chi connectivity index (χ4n) is 1.31. The molecule has 5 nitrogen and oxygen atoms in total. The van der Waals surface area contributed by atoms with Crippen LogP contribution in [0.15, 0.2) is 29.0 Å².